The molecule has 0 aliphatic rings. The Morgan fingerprint density at radius 1 is 1.13 bits per heavy atom. The number of rotatable bonds is 7. The van der Waals surface area contributed by atoms with Crippen LogP contribution in [-0.2, 0) is 29.3 Å². The largest absolute Gasteiger partial charge is 0.419 e. The van der Waals surface area contributed by atoms with E-state index in [1.807, 2.05) is 24.3 Å². The van der Waals surface area contributed by atoms with Crippen LogP contribution in [0.25, 0.3) is 10.1 Å². The van der Waals surface area contributed by atoms with Crippen LogP contribution in [0.2, 0.25) is 0 Å². The molecule has 0 fully saturated rings. The highest BCUT2D eigenvalue weighted by Crippen LogP contribution is 2.40. The minimum Gasteiger partial charge on any atom is -0.316 e. The fourth-order valence-electron chi connectivity index (χ4n) is 3.14. The maximum atomic E-state index is 13.7. The van der Waals surface area contributed by atoms with Crippen LogP contribution in [0.4, 0.5) is 22.6 Å². The lowest BCUT2D eigenvalue weighted by Crippen LogP contribution is -2.32. The Morgan fingerprint density at radius 3 is 2.47 bits per heavy atom. The monoisotopic (exact) mass is 460 g/mol. The second-order valence-electron chi connectivity index (χ2n) is 6.63. The molecule has 3 aromatic rings. The van der Waals surface area contributed by atoms with Crippen LogP contribution in [0.3, 0.4) is 0 Å². The van der Waals surface area contributed by atoms with Crippen LogP contribution in [0.5, 0.6) is 0 Å². The van der Waals surface area contributed by atoms with E-state index in [-0.39, 0.29) is 17.9 Å². The van der Waals surface area contributed by atoms with Crippen molar-refractivity contribution in [3.63, 3.8) is 0 Å². The summed E-state index contributed by atoms with van der Waals surface area (Å²) in [5, 5.41) is 4.32. The summed E-state index contributed by atoms with van der Waals surface area (Å²) in [6, 6.07) is 9.96. The van der Waals surface area contributed by atoms with Crippen molar-refractivity contribution in [2.75, 3.05) is 17.1 Å². The molecular formula is C20H20F4N2O2S2. The Hall–Kier alpha value is -2.17. The summed E-state index contributed by atoms with van der Waals surface area (Å²) in [6.45, 7) is 1.52. The normalized spacial score (nSPS) is 12.5. The van der Waals surface area contributed by atoms with Crippen molar-refractivity contribution in [3.8, 4) is 0 Å². The predicted molar refractivity (Wildman–Crippen MR) is 112 cm³/mol. The molecule has 0 aliphatic heterocycles. The smallest absolute Gasteiger partial charge is 0.316 e. The number of fused-ring (bicyclic) bond motifs is 1. The number of sulfonamides is 1. The van der Waals surface area contributed by atoms with E-state index in [1.54, 1.807) is 7.05 Å². The molecule has 0 spiro atoms. The Kier molecular flexibility index (Phi) is 6.40. The van der Waals surface area contributed by atoms with Gasteiger partial charge in [0.05, 0.1) is 17.9 Å². The number of thiophene rings is 1. The standard InChI is InChI=1S/C20H20F4N2O2S2/c1-3-30(27,28)26(12-13-8-9-17(21)16(10-13)20(22,23)24)19-15(11-25-2)14-6-4-5-7-18(14)29-19/h4-10,25H,3,11-12H2,1-2H3. The van der Waals surface area contributed by atoms with Crippen LogP contribution < -0.4 is 9.62 Å². The predicted octanol–water partition coefficient (Wildman–Crippen LogP) is 5.13. The molecule has 0 unspecified atom stereocenters. The molecule has 0 saturated carbocycles. The van der Waals surface area contributed by atoms with Gasteiger partial charge >= 0.3 is 6.18 Å². The molecule has 2 aromatic carbocycles. The number of nitrogens with one attached hydrogen (secondary N) is 1. The van der Waals surface area contributed by atoms with Gasteiger partial charge < -0.3 is 5.32 Å². The summed E-state index contributed by atoms with van der Waals surface area (Å²) in [7, 11) is -2.09. The lowest BCUT2D eigenvalue weighted by molar-refractivity contribution is -0.140. The minimum atomic E-state index is -4.87. The molecule has 1 heterocycles. The Labute approximate surface area is 176 Å². The first-order chi connectivity index (χ1) is 14.1. The van der Waals surface area contributed by atoms with E-state index >= 15 is 0 Å². The number of alkyl halides is 3. The summed E-state index contributed by atoms with van der Waals surface area (Å²) in [4.78, 5) is 0. The average molecular weight is 461 g/mol. The summed E-state index contributed by atoms with van der Waals surface area (Å²) in [5.41, 5.74) is -0.623. The molecule has 1 N–H and O–H groups in total. The molecule has 4 nitrogen and oxygen atoms in total. The van der Waals surface area contributed by atoms with Gasteiger partial charge in [0.2, 0.25) is 10.0 Å². The molecule has 0 amide bonds. The van der Waals surface area contributed by atoms with Crippen molar-refractivity contribution in [1.29, 1.82) is 0 Å². The minimum absolute atomic E-state index is 0.0496. The fourth-order valence-corrected chi connectivity index (χ4v) is 5.74. The van der Waals surface area contributed by atoms with Gasteiger partial charge in [-0.1, -0.05) is 24.3 Å². The number of halogens is 4. The lowest BCUT2D eigenvalue weighted by atomic mass is 10.1. The molecule has 30 heavy (non-hydrogen) atoms. The summed E-state index contributed by atoms with van der Waals surface area (Å²) in [6.07, 6.45) is -4.87. The number of nitrogens with zero attached hydrogens (tertiary/aromatic N) is 1. The Bertz CT molecular complexity index is 1160. The summed E-state index contributed by atoms with van der Waals surface area (Å²) >= 11 is 1.26. The van der Waals surface area contributed by atoms with E-state index in [9.17, 15) is 26.0 Å². The van der Waals surface area contributed by atoms with E-state index in [1.165, 1.54) is 24.3 Å². The maximum absolute atomic E-state index is 13.7. The SMILES string of the molecule is CCS(=O)(=O)N(Cc1ccc(F)c(C(F)(F)F)c1)c1sc2ccccc2c1CNC. The molecule has 3 rings (SSSR count). The number of hydrogen-bond acceptors (Lipinski definition) is 4. The summed E-state index contributed by atoms with van der Waals surface area (Å²) < 4.78 is 80.8. The highest BCUT2D eigenvalue weighted by atomic mass is 32.2. The Balaban J connectivity index is 2.15. The van der Waals surface area contributed by atoms with E-state index in [4.69, 9.17) is 0 Å². The van der Waals surface area contributed by atoms with Gasteiger partial charge in [-0.2, -0.15) is 13.2 Å². The maximum Gasteiger partial charge on any atom is 0.419 e. The first-order valence-electron chi connectivity index (χ1n) is 9.09. The van der Waals surface area contributed by atoms with Gasteiger partial charge in [-0.25, -0.2) is 12.8 Å². The third-order valence-electron chi connectivity index (χ3n) is 4.62. The zero-order valence-corrected chi connectivity index (χ0v) is 17.9. The van der Waals surface area contributed by atoms with Gasteiger partial charge in [-0.05, 0) is 43.1 Å². The quantitative estimate of drug-likeness (QED) is 0.497. The van der Waals surface area contributed by atoms with Crippen LogP contribution >= 0.6 is 11.3 Å². The zero-order valence-electron chi connectivity index (χ0n) is 16.3. The molecule has 10 heteroatoms. The van der Waals surface area contributed by atoms with E-state index in [0.717, 1.165) is 20.0 Å². The highest BCUT2D eigenvalue weighted by molar-refractivity contribution is 7.92. The molecular weight excluding hydrogens is 440 g/mol. The second-order valence-corrected chi connectivity index (χ2v) is 9.84. The average Bonchev–Trinajstić information content (AvgIpc) is 3.04. The van der Waals surface area contributed by atoms with Gasteiger partial charge in [-0.3, -0.25) is 4.31 Å². The Morgan fingerprint density at radius 2 is 1.83 bits per heavy atom. The second kappa shape index (κ2) is 8.52. The van der Waals surface area contributed by atoms with Gasteiger partial charge in [0.1, 0.15) is 10.8 Å². The van der Waals surface area contributed by atoms with Crippen LogP contribution in [0, 0.1) is 5.82 Å². The molecule has 0 bridgehead atoms. The van der Waals surface area contributed by atoms with Crippen molar-refractivity contribution < 1.29 is 26.0 Å². The molecule has 0 radical (unpaired) electrons. The van der Waals surface area contributed by atoms with E-state index in [2.05, 4.69) is 5.32 Å². The van der Waals surface area contributed by atoms with Crippen LogP contribution in [0.1, 0.15) is 23.6 Å². The van der Waals surface area contributed by atoms with E-state index < -0.39 is 27.6 Å². The van der Waals surface area contributed by atoms with Crippen molar-refractivity contribution in [1.82, 2.24) is 5.32 Å². The first kappa shape index (κ1) is 22.5. The van der Waals surface area contributed by atoms with Gasteiger partial charge in [0.15, 0.2) is 0 Å². The molecule has 162 valence electrons. The highest BCUT2D eigenvalue weighted by Gasteiger charge is 2.35. The fraction of sp³-hybridized carbons (Fsp3) is 0.300. The summed E-state index contributed by atoms with van der Waals surface area (Å²) in [5.74, 6) is -1.62. The third kappa shape index (κ3) is 4.45. The number of anilines is 1. The zero-order chi connectivity index (χ0) is 22.1. The van der Waals surface area contributed by atoms with Gasteiger partial charge in [0, 0.05) is 16.8 Å². The first-order valence-corrected chi connectivity index (χ1v) is 11.5. The van der Waals surface area contributed by atoms with Crippen molar-refractivity contribution in [2.45, 2.75) is 26.2 Å². The number of benzene rings is 2. The van der Waals surface area contributed by atoms with Crippen LogP contribution in [-0.4, -0.2) is 21.2 Å². The van der Waals surface area contributed by atoms with Crippen LogP contribution in [0.15, 0.2) is 42.5 Å². The van der Waals surface area contributed by atoms with Crippen molar-refractivity contribution in [2.24, 2.45) is 0 Å². The van der Waals surface area contributed by atoms with Crippen molar-refractivity contribution >= 4 is 36.4 Å². The van der Waals surface area contributed by atoms with Crippen molar-refractivity contribution in [3.05, 3.63) is 65.0 Å². The molecule has 1 aromatic heterocycles. The topological polar surface area (TPSA) is 49.4 Å². The van der Waals surface area contributed by atoms with Gasteiger partial charge in [0.25, 0.3) is 0 Å². The third-order valence-corrected chi connectivity index (χ3v) is 7.68. The molecule has 0 saturated heterocycles. The molecule has 0 atom stereocenters. The van der Waals surface area contributed by atoms with Gasteiger partial charge in [-0.15, -0.1) is 11.3 Å². The van der Waals surface area contributed by atoms with E-state index in [0.29, 0.717) is 23.7 Å². The lowest BCUT2D eigenvalue weighted by Gasteiger charge is -2.24. The molecule has 0 aliphatic carbocycles. The number of hydrogen-bond donors (Lipinski definition) is 1.